The number of hydrogen-bond acceptors (Lipinski definition) is 2. The highest BCUT2D eigenvalue weighted by molar-refractivity contribution is 6.20. The van der Waals surface area contributed by atoms with E-state index in [1.165, 1.54) is 49.2 Å². The molecule has 0 saturated heterocycles. The molecule has 0 amide bonds. The largest absolute Gasteiger partial charge is 0.455 e. The van der Waals surface area contributed by atoms with Crippen molar-refractivity contribution in [3.63, 3.8) is 0 Å². The smallest absolute Gasteiger partial charge is 0.143 e. The Kier molecular flexibility index (Phi) is 7.53. The van der Waals surface area contributed by atoms with Crippen molar-refractivity contribution in [3.8, 4) is 33.4 Å². The first-order valence-corrected chi connectivity index (χ1v) is 19.2. The van der Waals surface area contributed by atoms with Crippen LogP contribution in [0.4, 0.5) is 17.1 Å². The van der Waals surface area contributed by atoms with E-state index in [1.54, 1.807) is 0 Å². The molecule has 1 aromatic heterocycles. The summed E-state index contributed by atoms with van der Waals surface area (Å²) in [5, 5.41) is 9.60. The van der Waals surface area contributed by atoms with Gasteiger partial charge in [0.25, 0.3) is 0 Å². The predicted octanol–water partition coefficient (Wildman–Crippen LogP) is 15.5. The first-order valence-electron chi connectivity index (χ1n) is 19.2. The van der Waals surface area contributed by atoms with Gasteiger partial charge in [-0.25, -0.2) is 0 Å². The molecule has 1 heterocycles. The van der Waals surface area contributed by atoms with Crippen LogP contribution >= 0.6 is 0 Å². The van der Waals surface area contributed by atoms with Crippen LogP contribution in [0.3, 0.4) is 0 Å². The lowest BCUT2D eigenvalue weighted by atomic mass is 9.94. The van der Waals surface area contributed by atoms with Crippen LogP contribution in [-0.4, -0.2) is 0 Å². The Labute approximate surface area is 325 Å². The summed E-state index contributed by atoms with van der Waals surface area (Å²) in [5.74, 6) is 0. The average molecular weight is 714 g/mol. The Morgan fingerprint density at radius 2 is 0.857 bits per heavy atom. The van der Waals surface area contributed by atoms with Crippen molar-refractivity contribution in [1.29, 1.82) is 0 Å². The molecule has 0 atom stereocenters. The summed E-state index contributed by atoms with van der Waals surface area (Å²) in [5.41, 5.74) is 12.1. The number of nitrogens with zero attached hydrogens (tertiary/aromatic N) is 1. The molecule has 2 nitrogen and oxygen atoms in total. The number of benzene rings is 10. The van der Waals surface area contributed by atoms with Crippen LogP contribution < -0.4 is 4.90 Å². The third kappa shape index (κ3) is 5.26. The first-order chi connectivity index (χ1) is 27.8. The molecule has 0 N–H and O–H groups in total. The maximum absolute atomic E-state index is 6.65. The maximum Gasteiger partial charge on any atom is 0.143 e. The van der Waals surface area contributed by atoms with Gasteiger partial charge in [-0.2, -0.15) is 0 Å². The quantitative estimate of drug-likeness (QED) is 0.160. The average Bonchev–Trinajstić information content (AvgIpc) is 3.67. The molecule has 0 aliphatic rings. The number of furan rings is 1. The zero-order valence-electron chi connectivity index (χ0n) is 30.6. The van der Waals surface area contributed by atoms with Gasteiger partial charge < -0.3 is 9.32 Å². The van der Waals surface area contributed by atoms with Crippen LogP contribution in [0.15, 0.2) is 217 Å². The second-order valence-electron chi connectivity index (χ2n) is 14.4. The lowest BCUT2D eigenvalue weighted by molar-refractivity contribution is 0.673. The van der Waals surface area contributed by atoms with Crippen molar-refractivity contribution >= 4 is 71.3 Å². The summed E-state index contributed by atoms with van der Waals surface area (Å²) in [4.78, 5) is 2.39. The SMILES string of the molecule is c1ccc(-c2ccc(N(c3ccc(-c4cccc5c4ccc4ccccc45)cc3)c3ccccc3-c3cccc4oc5c6ccccc6ccc5c34)cc2)cc1. The fourth-order valence-electron chi connectivity index (χ4n) is 8.62. The van der Waals surface area contributed by atoms with Gasteiger partial charge in [0.2, 0.25) is 0 Å². The lowest BCUT2D eigenvalue weighted by Gasteiger charge is -2.28. The molecule has 0 radical (unpaired) electrons. The van der Waals surface area contributed by atoms with Crippen LogP contribution in [0.1, 0.15) is 0 Å². The fourth-order valence-corrected chi connectivity index (χ4v) is 8.62. The molecular weight excluding hydrogens is 679 g/mol. The minimum Gasteiger partial charge on any atom is -0.455 e. The van der Waals surface area contributed by atoms with E-state index in [0.29, 0.717) is 0 Å². The van der Waals surface area contributed by atoms with Crippen molar-refractivity contribution < 1.29 is 4.42 Å². The zero-order valence-corrected chi connectivity index (χ0v) is 30.6. The molecular formula is C54H35NO. The summed E-state index contributed by atoms with van der Waals surface area (Å²) in [6.07, 6.45) is 0. The highest BCUT2D eigenvalue weighted by Gasteiger charge is 2.21. The summed E-state index contributed by atoms with van der Waals surface area (Å²) < 4.78 is 6.65. The number of para-hydroxylation sites is 1. The fraction of sp³-hybridized carbons (Fsp3) is 0. The van der Waals surface area contributed by atoms with Crippen molar-refractivity contribution in [2.45, 2.75) is 0 Å². The van der Waals surface area contributed by atoms with Gasteiger partial charge in [-0.1, -0.05) is 170 Å². The highest BCUT2D eigenvalue weighted by Crippen LogP contribution is 2.46. The molecule has 0 fully saturated rings. The highest BCUT2D eigenvalue weighted by atomic mass is 16.3. The number of hydrogen-bond donors (Lipinski definition) is 0. The van der Waals surface area contributed by atoms with E-state index in [9.17, 15) is 0 Å². The molecule has 0 unspecified atom stereocenters. The third-order valence-electron chi connectivity index (χ3n) is 11.3. The van der Waals surface area contributed by atoms with E-state index < -0.39 is 0 Å². The molecule has 56 heavy (non-hydrogen) atoms. The zero-order chi connectivity index (χ0) is 37.0. The Balaban J connectivity index is 1.09. The summed E-state index contributed by atoms with van der Waals surface area (Å²) >= 11 is 0. The van der Waals surface area contributed by atoms with Gasteiger partial charge in [-0.3, -0.25) is 0 Å². The van der Waals surface area contributed by atoms with Gasteiger partial charge in [-0.15, -0.1) is 0 Å². The third-order valence-corrected chi connectivity index (χ3v) is 11.3. The molecule has 2 heteroatoms. The van der Waals surface area contributed by atoms with Gasteiger partial charge in [0.1, 0.15) is 11.2 Å². The van der Waals surface area contributed by atoms with E-state index in [0.717, 1.165) is 55.5 Å². The molecule has 0 bridgehead atoms. The summed E-state index contributed by atoms with van der Waals surface area (Å²) in [6.45, 7) is 0. The van der Waals surface area contributed by atoms with Gasteiger partial charge in [0.05, 0.1) is 5.69 Å². The molecule has 11 rings (SSSR count). The normalized spacial score (nSPS) is 11.6. The van der Waals surface area contributed by atoms with Crippen LogP contribution in [0.25, 0.3) is 87.6 Å². The lowest BCUT2D eigenvalue weighted by Crippen LogP contribution is -2.11. The first kappa shape index (κ1) is 32.0. The van der Waals surface area contributed by atoms with E-state index in [1.807, 2.05) is 0 Å². The maximum atomic E-state index is 6.65. The monoisotopic (exact) mass is 713 g/mol. The molecule has 0 aliphatic carbocycles. The van der Waals surface area contributed by atoms with Gasteiger partial charge in [0.15, 0.2) is 0 Å². The summed E-state index contributed by atoms with van der Waals surface area (Å²) in [6, 6.07) is 76.4. The second kappa shape index (κ2) is 13.2. The predicted molar refractivity (Wildman–Crippen MR) is 237 cm³/mol. The van der Waals surface area contributed by atoms with E-state index in [4.69, 9.17) is 4.42 Å². The van der Waals surface area contributed by atoms with Crippen molar-refractivity contribution in [3.05, 3.63) is 212 Å². The van der Waals surface area contributed by atoms with E-state index >= 15 is 0 Å². The van der Waals surface area contributed by atoms with E-state index in [2.05, 4.69) is 217 Å². The summed E-state index contributed by atoms with van der Waals surface area (Å²) in [7, 11) is 0. The van der Waals surface area contributed by atoms with Crippen molar-refractivity contribution in [1.82, 2.24) is 0 Å². The Morgan fingerprint density at radius 1 is 0.304 bits per heavy atom. The van der Waals surface area contributed by atoms with Crippen molar-refractivity contribution in [2.24, 2.45) is 0 Å². The number of rotatable bonds is 6. The molecule has 11 aromatic rings. The van der Waals surface area contributed by atoms with Gasteiger partial charge in [-0.05, 0) is 97.2 Å². The molecule has 0 saturated carbocycles. The van der Waals surface area contributed by atoms with Crippen LogP contribution in [0.5, 0.6) is 0 Å². The second-order valence-corrected chi connectivity index (χ2v) is 14.4. The molecule has 10 aromatic carbocycles. The Hall–Kier alpha value is -7.42. The van der Waals surface area contributed by atoms with Crippen LogP contribution in [-0.2, 0) is 0 Å². The van der Waals surface area contributed by atoms with Crippen LogP contribution in [0.2, 0.25) is 0 Å². The van der Waals surface area contributed by atoms with Gasteiger partial charge >= 0.3 is 0 Å². The number of anilines is 3. The molecule has 0 aliphatic heterocycles. The standard InChI is InChI=1S/C54H35NO/c1-2-12-36(13-3-1)37-24-30-41(31-25-37)55(42-32-26-40(27-33-42)44-19-10-20-46-43-16-6-4-14-38(43)28-34-47(44)46)51-22-9-8-18-48(51)49-21-11-23-52-53(49)50-35-29-39-15-5-7-17-45(39)54(50)56-52/h1-35H. The van der Waals surface area contributed by atoms with Gasteiger partial charge in [0, 0.05) is 33.1 Å². The Morgan fingerprint density at radius 3 is 1.64 bits per heavy atom. The minimum absolute atomic E-state index is 0.884. The minimum atomic E-state index is 0.884. The molecule has 0 spiro atoms. The topological polar surface area (TPSA) is 16.4 Å². The van der Waals surface area contributed by atoms with E-state index in [-0.39, 0.29) is 0 Å². The van der Waals surface area contributed by atoms with Crippen LogP contribution in [0, 0.1) is 0 Å². The van der Waals surface area contributed by atoms with Crippen molar-refractivity contribution in [2.75, 3.05) is 4.90 Å². The Bertz CT molecular complexity index is 3230. The molecule has 262 valence electrons. The number of fused-ring (bicyclic) bond motifs is 8.